The van der Waals surface area contributed by atoms with Gasteiger partial charge in [0.15, 0.2) is 5.82 Å². The normalized spacial score (nSPS) is 11.4. The third-order valence-electron chi connectivity index (χ3n) is 2.96. The van der Waals surface area contributed by atoms with Gasteiger partial charge >= 0.3 is 0 Å². The summed E-state index contributed by atoms with van der Waals surface area (Å²) in [5.41, 5.74) is 1.93. The fourth-order valence-electron chi connectivity index (χ4n) is 2.02. The van der Waals surface area contributed by atoms with Crippen LogP contribution in [0.4, 0.5) is 0 Å². The maximum Gasteiger partial charge on any atom is 0.274 e. The summed E-state index contributed by atoms with van der Waals surface area (Å²) in [5.74, 6) is 0.447. The largest absolute Gasteiger partial charge is 0.370 e. The molecule has 0 spiro atoms. The van der Waals surface area contributed by atoms with E-state index in [0.717, 1.165) is 22.7 Å². The van der Waals surface area contributed by atoms with Gasteiger partial charge in [-0.05, 0) is 17.7 Å². The highest BCUT2D eigenvalue weighted by Gasteiger charge is 2.08. The third kappa shape index (κ3) is 3.23. The summed E-state index contributed by atoms with van der Waals surface area (Å²) in [6, 6.07) is 9.90. The van der Waals surface area contributed by atoms with Crippen LogP contribution in [0.3, 0.4) is 0 Å². The summed E-state index contributed by atoms with van der Waals surface area (Å²) in [4.78, 5) is 16.2. The van der Waals surface area contributed by atoms with Crippen LogP contribution in [0.15, 0.2) is 48.5 Å². The lowest BCUT2D eigenvalue weighted by Crippen LogP contribution is -2.26. The molecule has 0 saturated heterocycles. The lowest BCUT2D eigenvalue weighted by molar-refractivity contribution is -0.404. The Bertz CT molecular complexity index is 654. The first-order valence-corrected chi connectivity index (χ1v) is 6.18. The fourth-order valence-corrected chi connectivity index (χ4v) is 2.02. The predicted octanol–water partition coefficient (Wildman–Crippen LogP) is 1.96. The monoisotopic (exact) mass is 272 g/mol. The van der Waals surface area contributed by atoms with Gasteiger partial charge in [-0.3, -0.25) is 15.1 Å². The maximum absolute atomic E-state index is 10.6. The van der Waals surface area contributed by atoms with Crippen molar-refractivity contribution in [2.24, 2.45) is 0 Å². The number of nitrogens with one attached hydrogen (secondary N) is 1. The van der Waals surface area contributed by atoms with E-state index in [0.29, 0.717) is 12.4 Å². The number of nitrogens with zero attached hydrogens (tertiary/aromatic N) is 3. The Morgan fingerprint density at radius 1 is 1.50 bits per heavy atom. The number of benzene rings is 1. The van der Waals surface area contributed by atoms with Crippen molar-refractivity contribution in [3.05, 3.63) is 64.2 Å². The first kappa shape index (κ1) is 13.8. The predicted molar refractivity (Wildman–Crippen MR) is 77.3 cm³/mol. The SMILES string of the molecule is CNC(=C[N+](=O)[O-])N(C)Cc1cnc2ccccc2c1. The first-order chi connectivity index (χ1) is 9.60. The molecule has 0 bridgehead atoms. The number of hydrogen-bond donors (Lipinski definition) is 1. The minimum Gasteiger partial charge on any atom is -0.370 e. The van der Waals surface area contributed by atoms with E-state index in [1.54, 1.807) is 25.2 Å². The van der Waals surface area contributed by atoms with Crippen molar-refractivity contribution >= 4 is 10.9 Å². The molecule has 6 nitrogen and oxygen atoms in total. The van der Waals surface area contributed by atoms with Crippen molar-refractivity contribution in [2.45, 2.75) is 6.54 Å². The second-order valence-electron chi connectivity index (χ2n) is 4.44. The molecule has 2 rings (SSSR count). The molecule has 20 heavy (non-hydrogen) atoms. The summed E-state index contributed by atoms with van der Waals surface area (Å²) in [6.45, 7) is 0.540. The van der Waals surface area contributed by atoms with Crippen molar-refractivity contribution in [3.63, 3.8) is 0 Å². The second-order valence-corrected chi connectivity index (χ2v) is 4.44. The molecule has 104 valence electrons. The van der Waals surface area contributed by atoms with Crippen molar-refractivity contribution in [3.8, 4) is 0 Å². The van der Waals surface area contributed by atoms with Crippen LogP contribution in [0.5, 0.6) is 0 Å². The van der Waals surface area contributed by atoms with Crippen LogP contribution in [0.2, 0.25) is 0 Å². The van der Waals surface area contributed by atoms with Crippen molar-refractivity contribution in [2.75, 3.05) is 14.1 Å². The average Bonchev–Trinajstić information content (AvgIpc) is 2.44. The Morgan fingerprint density at radius 2 is 2.25 bits per heavy atom. The van der Waals surface area contributed by atoms with E-state index in [9.17, 15) is 10.1 Å². The summed E-state index contributed by atoms with van der Waals surface area (Å²) in [5, 5.41) is 14.4. The van der Waals surface area contributed by atoms with Gasteiger partial charge < -0.3 is 10.2 Å². The lowest BCUT2D eigenvalue weighted by atomic mass is 10.1. The molecule has 1 aromatic carbocycles. The Morgan fingerprint density at radius 3 is 2.95 bits per heavy atom. The molecule has 0 aliphatic heterocycles. The Balaban J connectivity index is 2.20. The molecule has 0 aliphatic carbocycles. The van der Waals surface area contributed by atoms with Crippen molar-refractivity contribution in [1.82, 2.24) is 15.2 Å². The smallest absolute Gasteiger partial charge is 0.274 e. The zero-order chi connectivity index (χ0) is 14.5. The standard InChI is InChI=1S/C14H16N4O2/c1-15-14(10-18(19)20)17(2)9-11-7-12-5-3-4-6-13(12)16-8-11/h3-8,10,15H,9H2,1-2H3. The second kappa shape index (κ2) is 6.01. The molecule has 0 atom stereocenters. The average molecular weight is 272 g/mol. The van der Waals surface area contributed by atoms with Crippen LogP contribution in [0.25, 0.3) is 10.9 Å². The molecule has 1 aromatic heterocycles. The minimum absolute atomic E-state index is 0.447. The highest BCUT2D eigenvalue weighted by molar-refractivity contribution is 5.78. The van der Waals surface area contributed by atoms with E-state index < -0.39 is 4.92 Å². The summed E-state index contributed by atoms with van der Waals surface area (Å²) in [7, 11) is 3.45. The van der Waals surface area contributed by atoms with Gasteiger partial charge in [-0.15, -0.1) is 0 Å². The van der Waals surface area contributed by atoms with E-state index in [2.05, 4.69) is 10.3 Å². The number of para-hydroxylation sites is 1. The van der Waals surface area contributed by atoms with Crippen LogP contribution in [0.1, 0.15) is 5.56 Å². The van der Waals surface area contributed by atoms with E-state index in [4.69, 9.17) is 0 Å². The number of nitro groups is 1. The van der Waals surface area contributed by atoms with E-state index in [1.807, 2.05) is 30.3 Å². The zero-order valence-corrected chi connectivity index (χ0v) is 11.4. The van der Waals surface area contributed by atoms with Crippen LogP contribution in [-0.4, -0.2) is 28.9 Å². The molecule has 2 aromatic rings. The van der Waals surface area contributed by atoms with Gasteiger partial charge in [0, 0.05) is 32.2 Å². The zero-order valence-electron chi connectivity index (χ0n) is 11.4. The van der Waals surface area contributed by atoms with Gasteiger partial charge in [0.2, 0.25) is 0 Å². The molecule has 0 aliphatic rings. The highest BCUT2D eigenvalue weighted by atomic mass is 16.6. The molecule has 0 fully saturated rings. The van der Waals surface area contributed by atoms with Gasteiger partial charge in [-0.25, -0.2) is 0 Å². The Hall–Kier alpha value is -2.63. The van der Waals surface area contributed by atoms with Crippen molar-refractivity contribution < 1.29 is 4.92 Å². The number of fused-ring (bicyclic) bond motifs is 1. The summed E-state index contributed by atoms with van der Waals surface area (Å²) >= 11 is 0. The van der Waals surface area contributed by atoms with Gasteiger partial charge in [-0.1, -0.05) is 18.2 Å². The summed E-state index contributed by atoms with van der Waals surface area (Å²) < 4.78 is 0. The van der Waals surface area contributed by atoms with Crippen LogP contribution < -0.4 is 5.32 Å². The molecule has 0 radical (unpaired) electrons. The fraction of sp³-hybridized carbons (Fsp3) is 0.214. The van der Waals surface area contributed by atoms with Gasteiger partial charge in [0.25, 0.3) is 6.20 Å². The van der Waals surface area contributed by atoms with Crippen LogP contribution in [0, 0.1) is 10.1 Å². The van der Waals surface area contributed by atoms with Crippen molar-refractivity contribution in [1.29, 1.82) is 0 Å². The van der Waals surface area contributed by atoms with Crippen LogP contribution >= 0.6 is 0 Å². The Labute approximate surface area is 116 Å². The van der Waals surface area contributed by atoms with Gasteiger partial charge in [0.1, 0.15) is 0 Å². The number of hydrogen-bond acceptors (Lipinski definition) is 5. The molecular weight excluding hydrogens is 256 g/mol. The van der Waals surface area contributed by atoms with Crippen LogP contribution in [-0.2, 0) is 6.54 Å². The van der Waals surface area contributed by atoms with E-state index >= 15 is 0 Å². The minimum atomic E-state index is -0.471. The molecule has 0 unspecified atom stereocenters. The topological polar surface area (TPSA) is 71.3 Å². The quantitative estimate of drug-likeness (QED) is 0.665. The van der Waals surface area contributed by atoms with E-state index in [1.165, 1.54) is 0 Å². The number of pyridine rings is 1. The molecule has 1 N–H and O–H groups in total. The maximum atomic E-state index is 10.6. The summed E-state index contributed by atoms with van der Waals surface area (Å²) in [6.07, 6.45) is 2.74. The molecule has 6 heteroatoms. The van der Waals surface area contributed by atoms with Gasteiger partial charge in [-0.2, -0.15) is 0 Å². The first-order valence-electron chi connectivity index (χ1n) is 6.18. The van der Waals surface area contributed by atoms with Gasteiger partial charge in [0.05, 0.1) is 10.4 Å². The molecule has 0 amide bonds. The molecule has 1 heterocycles. The lowest BCUT2D eigenvalue weighted by Gasteiger charge is -2.20. The third-order valence-corrected chi connectivity index (χ3v) is 2.96. The number of aromatic nitrogens is 1. The Kier molecular flexibility index (Phi) is 4.14. The highest BCUT2D eigenvalue weighted by Crippen LogP contribution is 2.14. The number of rotatable bonds is 5. The molecular formula is C14H16N4O2. The molecule has 0 saturated carbocycles. The van der Waals surface area contributed by atoms with E-state index in [-0.39, 0.29) is 0 Å².